The molecule has 0 unspecified atom stereocenters. The second-order valence-electron chi connectivity index (χ2n) is 7.04. The fraction of sp³-hybridized carbons (Fsp3) is 0.364. The number of methoxy groups -OCH3 is 2. The summed E-state index contributed by atoms with van der Waals surface area (Å²) in [6.07, 6.45) is 1.46. The number of aryl methyl sites for hydroxylation is 1. The molecule has 1 saturated heterocycles. The van der Waals surface area contributed by atoms with Gasteiger partial charge in [0.1, 0.15) is 5.75 Å². The Hall–Kier alpha value is -3.02. The fourth-order valence-electron chi connectivity index (χ4n) is 3.59. The third-order valence-electron chi connectivity index (χ3n) is 5.13. The highest BCUT2D eigenvalue weighted by molar-refractivity contribution is 6.00. The van der Waals surface area contributed by atoms with E-state index in [0.29, 0.717) is 30.2 Å². The van der Waals surface area contributed by atoms with Gasteiger partial charge in [-0.3, -0.25) is 9.59 Å². The molecule has 0 radical (unpaired) electrons. The Labute approximate surface area is 164 Å². The second-order valence-corrected chi connectivity index (χ2v) is 7.04. The van der Waals surface area contributed by atoms with Gasteiger partial charge >= 0.3 is 0 Å². The number of ether oxygens (including phenoxy) is 2. The van der Waals surface area contributed by atoms with Crippen molar-refractivity contribution in [2.45, 2.75) is 19.8 Å². The molecule has 0 aromatic heterocycles. The van der Waals surface area contributed by atoms with Crippen LogP contribution in [0.1, 0.15) is 39.1 Å². The SMILES string of the molecule is COc1ccc(C(=O)[C@H]2CCCN(C(=O)c3ccc(C)cc3O)C2)cc1OC. The highest BCUT2D eigenvalue weighted by Crippen LogP contribution is 2.30. The van der Waals surface area contributed by atoms with Gasteiger partial charge in [0.2, 0.25) is 0 Å². The number of rotatable bonds is 5. The molecule has 148 valence electrons. The summed E-state index contributed by atoms with van der Waals surface area (Å²) in [7, 11) is 3.08. The summed E-state index contributed by atoms with van der Waals surface area (Å²) in [5.41, 5.74) is 1.69. The highest BCUT2D eigenvalue weighted by atomic mass is 16.5. The number of hydrogen-bond acceptors (Lipinski definition) is 5. The van der Waals surface area contributed by atoms with Gasteiger partial charge in [-0.2, -0.15) is 0 Å². The van der Waals surface area contributed by atoms with Crippen molar-refractivity contribution in [1.82, 2.24) is 4.90 Å². The molecule has 1 aliphatic heterocycles. The van der Waals surface area contributed by atoms with Crippen LogP contribution in [0.3, 0.4) is 0 Å². The first kappa shape index (κ1) is 19.7. The molecule has 1 heterocycles. The minimum atomic E-state index is -0.289. The molecule has 2 aromatic rings. The van der Waals surface area contributed by atoms with Crippen LogP contribution in [-0.2, 0) is 0 Å². The molecular formula is C22H25NO5. The van der Waals surface area contributed by atoms with E-state index in [2.05, 4.69) is 0 Å². The van der Waals surface area contributed by atoms with Gasteiger partial charge < -0.3 is 19.5 Å². The summed E-state index contributed by atoms with van der Waals surface area (Å²) in [6.45, 7) is 2.76. The number of nitrogens with zero attached hydrogens (tertiary/aromatic N) is 1. The predicted molar refractivity (Wildman–Crippen MR) is 105 cm³/mol. The quantitative estimate of drug-likeness (QED) is 0.801. The molecule has 1 fully saturated rings. The second kappa shape index (κ2) is 8.33. The minimum absolute atomic E-state index is 0.0217. The van der Waals surface area contributed by atoms with Crippen molar-refractivity contribution in [3.63, 3.8) is 0 Å². The highest BCUT2D eigenvalue weighted by Gasteiger charge is 2.30. The Morgan fingerprint density at radius 3 is 2.50 bits per heavy atom. The summed E-state index contributed by atoms with van der Waals surface area (Å²) >= 11 is 0. The van der Waals surface area contributed by atoms with Crippen LogP contribution in [-0.4, -0.2) is 49.0 Å². The van der Waals surface area contributed by atoms with Gasteiger partial charge in [0.05, 0.1) is 19.8 Å². The predicted octanol–water partition coefficient (Wildman–Crippen LogP) is 3.45. The Morgan fingerprint density at radius 1 is 1.07 bits per heavy atom. The number of carbonyl (C=O) groups is 2. The number of carbonyl (C=O) groups excluding carboxylic acids is 2. The lowest BCUT2D eigenvalue weighted by atomic mass is 9.89. The van der Waals surface area contributed by atoms with Crippen LogP contribution in [0.15, 0.2) is 36.4 Å². The van der Waals surface area contributed by atoms with E-state index in [4.69, 9.17) is 9.47 Å². The first-order valence-electron chi connectivity index (χ1n) is 9.29. The molecule has 1 amide bonds. The van der Waals surface area contributed by atoms with E-state index in [1.54, 1.807) is 48.4 Å². The van der Waals surface area contributed by atoms with Gasteiger partial charge in [-0.25, -0.2) is 0 Å². The van der Waals surface area contributed by atoms with Gasteiger partial charge in [-0.1, -0.05) is 6.07 Å². The zero-order valence-electron chi connectivity index (χ0n) is 16.4. The minimum Gasteiger partial charge on any atom is -0.507 e. The summed E-state index contributed by atoms with van der Waals surface area (Å²) in [5.74, 6) is 0.478. The monoisotopic (exact) mass is 383 g/mol. The molecule has 28 heavy (non-hydrogen) atoms. The lowest BCUT2D eigenvalue weighted by molar-refractivity contribution is 0.0634. The number of hydrogen-bond donors (Lipinski definition) is 1. The van der Waals surface area contributed by atoms with E-state index >= 15 is 0 Å². The summed E-state index contributed by atoms with van der Waals surface area (Å²) in [4.78, 5) is 27.5. The Bertz CT molecular complexity index is 892. The largest absolute Gasteiger partial charge is 0.507 e. The van der Waals surface area contributed by atoms with E-state index in [-0.39, 0.29) is 28.9 Å². The molecule has 6 heteroatoms. The summed E-state index contributed by atoms with van der Waals surface area (Å²) < 4.78 is 10.5. The number of Topliss-reactive ketones (excluding diaryl/α,β-unsaturated/α-hetero) is 1. The van der Waals surface area contributed by atoms with Gasteiger partial charge in [0, 0.05) is 24.6 Å². The van der Waals surface area contributed by atoms with E-state index in [0.717, 1.165) is 18.4 Å². The first-order valence-corrected chi connectivity index (χ1v) is 9.29. The van der Waals surface area contributed by atoms with Gasteiger partial charge in [0.25, 0.3) is 5.91 Å². The van der Waals surface area contributed by atoms with Crippen molar-refractivity contribution < 1.29 is 24.2 Å². The third kappa shape index (κ3) is 3.96. The third-order valence-corrected chi connectivity index (χ3v) is 5.13. The topological polar surface area (TPSA) is 76.1 Å². The molecule has 1 aliphatic rings. The van der Waals surface area contributed by atoms with E-state index in [1.807, 2.05) is 6.92 Å². The van der Waals surface area contributed by atoms with Crippen LogP contribution < -0.4 is 9.47 Å². The zero-order chi connectivity index (χ0) is 20.3. The van der Waals surface area contributed by atoms with Crippen molar-refractivity contribution >= 4 is 11.7 Å². The Balaban J connectivity index is 1.77. The van der Waals surface area contributed by atoms with Crippen molar-refractivity contribution in [1.29, 1.82) is 0 Å². The molecule has 1 atom stereocenters. The first-order chi connectivity index (χ1) is 13.4. The molecule has 0 aliphatic carbocycles. The van der Waals surface area contributed by atoms with Gasteiger partial charge in [-0.15, -0.1) is 0 Å². The lowest BCUT2D eigenvalue weighted by Crippen LogP contribution is -2.42. The molecule has 1 N–H and O–H groups in total. The van der Waals surface area contributed by atoms with Crippen molar-refractivity contribution in [2.24, 2.45) is 5.92 Å². The van der Waals surface area contributed by atoms with Crippen LogP contribution in [0.4, 0.5) is 0 Å². The number of ketones is 1. The Morgan fingerprint density at radius 2 is 1.82 bits per heavy atom. The molecule has 0 saturated carbocycles. The van der Waals surface area contributed by atoms with Crippen LogP contribution >= 0.6 is 0 Å². The molecule has 3 rings (SSSR count). The van der Waals surface area contributed by atoms with E-state index in [9.17, 15) is 14.7 Å². The smallest absolute Gasteiger partial charge is 0.257 e. The zero-order valence-corrected chi connectivity index (χ0v) is 16.4. The molecule has 2 aromatic carbocycles. The lowest BCUT2D eigenvalue weighted by Gasteiger charge is -2.32. The molecular weight excluding hydrogens is 358 g/mol. The Kier molecular flexibility index (Phi) is 5.87. The van der Waals surface area contributed by atoms with Crippen molar-refractivity contribution in [3.8, 4) is 17.2 Å². The van der Waals surface area contributed by atoms with Crippen LogP contribution in [0.2, 0.25) is 0 Å². The maximum Gasteiger partial charge on any atom is 0.257 e. The van der Waals surface area contributed by atoms with E-state index < -0.39 is 0 Å². The number of amides is 1. The average molecular weight is 383 g/mol. The average Bonchev–Trinajstić information content (AvgIpc) is 2.72. The number of piperidine rings is 1. The van der Waals surface area contributed by atoms with Crippen molar-refractivity contribution in [2.75, 3.05) is 27.3 Å². The van der Waals surface area contributed by atoms with E-state index in [1.165, 1.54) is 7.11 Å². The normalized spacial score (nSPS) is 16.5. The van der Waals surface area contributed by atoms with Gasteiger partial charge in [0.15, 0.2) is 17.3 Å². The molecule has 0 bridgehead atoms. The molecule has 0 spiro atoms. The summed E-state index contributed by atoms with van der Waals surface area (Å²) in [5, 5.41) is 10.1. The maximum atomic E-state index is 13.0. The number of likely N-dealkylation sites (tertiary alicyclic amines) is 1. The van der Waals surface area contributed by atoms with Crippen LogP contribution in [0.5, 0.6) is 17.2 Å². The van der Waals surface area contributed by atoms with Crippen LogP contribution in [0, 0.1) is 12.8 Å². The summed E-state index contributed by atoms with van der Waals surface area (Å²) in [6, 6.07) is 10.1. The standard InChI is InChI=1S/C22H25NO5/c1-14-6-8-17(18(24)11-14)22(26)23-10-4-5-16(13-23)21(25)15-7-9-19(27-2)20(12-15)28-3/h6-9,11-12,16,24H,4-5,10,13H2,1-3H3/t16-/m0/s1. The van der Waals surface area contributed by atoms with Crippen molar-refractivity contribution in [3.05, 3.63) is 53.1 Å². The number of benzene rings is 2. The maximum absolute atomic E-state index is 13.0. The number of aromatic hydroxyl groups is 1. The van der Waals surface area contributed by atoms with Gasteiger partial charge in [-0.05, 0) is 55.7 Å². The van der Waals surface area contributed by atoms with Crippen LogP contribution in [0.25, 0.3) is 0 Å². The molecule has 6 nitrogen and oxygen atoms in total. The number of phenolic OH excluding ortho intramolecular Hbond substituents is 1. The fourth-order valence-corrected chi connectivity index (χ4v) is 3.59. The number of phenols is 1.